The zero-order chi connectivity index (χ0) is 9.52. The first-order chi connectivity index (χ1) is 6.36. The van der Waals surface area contributed by atoms with Crippen molar-refractivity contribution in [2.75, 3.05) is 13.1 Å². The summed E-state index contributed by atoms with van der Waals surface area (Å²) in [5.74, 6) is 1.02. The largest absolute Gasteiger partial charge is 0.329 e. The highest BCUT2D eigenvalue weighted by Crippen LogP contribution is 2.28. The quantitative estimate of drug-likeness (QED) is 0.634. The van der Waals surface area contributed by atoms with Crippen LogP contribution in [0.1, 0.15) is 45.4 Å². The van der Waals surface area contributed by atoms with Gasteiger partial charge in [0.1, 0.15) is 0 Å². The fourth-order valence-electron chi connectivity index (χ4n) is 1.92. The summed E-state index contributed by atoms with van der Waals surface area (Å²) in [5.41, 5.74) is 5.66. The van der Waals surface area contributed by atoms with Gasteiger partial charge in [0.2, 0.25) is 0 Å². The van der Waals surface area contributed by atoms with Crippen molar-refractivity contribution in [2.45, 2.75) is 51.5 Å². The van der Waals surface area contributed by atoms with Crippen LogP contribution < -0.4 is 11.1 Å². The van der Waals surface area contributed by atoms with Gasteiger partial charge in [-0.05, 0) is 25.3 Å². The molecule has 1 aliphatic carbocycles. The molecule has 1 unspecified atom stereocenters. The topological polar surface area (TPSA) is 38.0 Å². The van der Waals surface area contributed by atoms with E-state index in [9.17, 15) is 0 Å². The van der Waals surface area contributed by atoms with Gasteiger partial charge in [-0.25, -0.2) is 0 Å². The molecule has 0 spiro atoms. The van der Waals surface area contributed by atoms with E-state index in [0.717, 1.165) is 12.5 Å². The molecular weight excluding hydrogens is 160 g/mol. The second-order valence-corrected chi connectivity index (χ2v) is 4.26. The molecule has 0 amide bonds. The molecule has 0 aromatic rings. The van der Waals surface area contributed by atoms with Crippen molar-refractivity contribution >= 4 is 0 Å². The number of nitrogens with one attached hydrogen (secondary N) is 1. The molecule has 0 aromatic carbocycles. The molecule has 3 N–H and O–H groups in total. The van der Waals surface area contributed by atoms with E-state index in [1.54, 1.807) is 0 Å². The van der Waals surface area contributed by atoms with Crippen LogP contribution in [0.5, 0.6) is 0 Å². The molecular formula is C11H24N2. The van der Waals surface area contributed by atoms with Gasteiger partial charge < -0.3 is 11.1 Å². The van der Waals surface area contributed by atoms with Crippen LogP contribution >= 0.6 is 0 Å². The molecule has 78 valence electrons. The molecule has 0 bridgehead atoms. The first-order valence-corrected chi connectivity index (χ1v) is 5.80. The van der Waals surface area contributed by atoms with E-state index in [1.807, 2.05) is 0 Å². The highest BCUT2D eigenvalue weighted by atomic mass is 14.9. The van der Waals surface area contributed by atoms with Crippen LogP contribution in [0, 0.1) is 5.92 Å². The van der Waals surface area contributed by atoms with Gasteiger partial charge in [-0.2, -0.15) is 0 Å². The summed E-state index contributed by atoms with van der Waals surface area (Å²) in [7, 11) is 0. The molecule has 1 rings (SSSR count). The summed E-state index contributed by atoms with van der Waals surface area (Å²) in [6, 6.07) is 0.560. The summed E-state index contributed by atoms with van der Waals surface area (Å²) >= 11 is 0. The van der Waals surface area contributed by atoms with Crippen molar-refractivity contribution < 1.29 is 0 Å². The zero-order valence-electron chi connectivity index (χ0n) is 8.89. The van der Waals surface area contributed by atoms with Crippen molar-refractivity contribution in [1.29, 1.82) is 0 Å². The van der Waals surface area contributed by atoms with Gasteiger partial charge in [0, 0.05) is 12.6 Å². The maximum Gasteiger partial charge on any atom is 0.0190 e. The lowest BCUT2D eigenvalue weighted by atomic mass is 9.83. The Labute approximate surface area is 82.3 Å². The third-order valence-corrected chi connectivity index (χ3v) is 3.13. The van der Waals surface area contributed by atoms with Crippen LogP contribution in [0.2, 0.25) is 0 Å². The average Bonchev–Trinajstić information content (AvgIpc) is 2.07. The Hall–Kier alpha value is -0.0800. The molecule has 0 heterocycles. The minimum Gasteiger partial charge on any atom is -0.329 e. The predicted octanol–water partition coefficient (Wildman–Crippen LogP) is 1.89. The Morgan fingerprint density at radius 1 is 1.46 bits per heavy atom. The summed E-state index contributed by atoms with van der Waals surface area (Å²) < 4.78 is 0. The third kappa shape index (κ3) is 4.10. The molecule has 2 heteroatoms. The molecule has 1 fully saturated rings. The highest BCUT2D eigenvalue weighted by Gasteiger charge is 2.16. The first-order valence-electron chi connectivity index (χ1n) is 5.80. The van der Waals surface area contributed by atoms with Crippen LogP contribution in [-0.2, 0) is 0 Å². The fourth-order valence-corrected chi connectivity index (χ4v) is 1.92. The molecule has 1 saturated carbocycles. The van der Waals surface area contributed by atoms with E-state index in [2.05, 4.69) is 12.2 Å². The third-order valence-electron chi connectivity index (χ3n) is 3.13. The molecule has 0 saturated heterocycles. The van der Waals surface area contributed by atoms with Gasteiger partial charge in [0.05, 0.1) is 0 Å². The Morgan fingerprint density at radius 2 is 2.23 bits per heavy atom. The van der Waals surface area contributed by atoms with Gasteiger partial charge in [-0.15, -0.1) is 0 Å². The smallest absolute Gasteiger partial charge is 0.0190 e. The van der Waals surface area contributed by atoms with Crippen molar-refractivity contribution in [3.63, 3.8) is 0 Å². The molecule has 1 aliphatic rings. The van der Waals surface area contributed by atoms with Gasteiger partial charge in [-0.3, -0.25) is 0 Å². The maximum absolute atomic E-state index is 5.66. The Bertz CT molecular complexity index is 121. The number of nitrogens with two attached hydrogens (primary N) is 1. The van der Waals surface area contributed by atoms with E-state index in [0.29, 0.717) is 6.04 Å². The lowest BCUT2D eigenvalue weighted by Crippen LogP contribution is -2.37. The van der Waals surface area contributed by atoms with E-state index >= 15 is 0 Å². The highest BCUT2D eigenvalue weighted by molar-refractivity contribution is 4.72. The summed E-state index contributed by atoms with van der Waals surface area (Å²) in [4.78, 5) is 0. The number of hydrogen-bond acceptors (Lipinski definition) is 2. The minimum absolute atomic E-state index is 0.560. The van der Waals surface area contributed by atoms with E-state index in [4.69, 9.17) is 5.73 Å². The lowest BCUT2D eigenvalue weighted by molar-refractivity contribution is 0.286. The van der Waals surface area contributed by atoms with E-state index in [1.165, 1.54) is 45.1 Å². The Kier molecular flexibility index (Phi) is 5.40. The van der Waals surface area contributed by atoms with Gasteiger partial charge in [-0.1, -0.05) is 32.6 Å². The second-order valence-electron chi connectivity index (χ2n) is 4.26. The van der Waals surface area contributed by atoms with Crippen molar-refractivity contribution in [3.05, 3.63) is 0 Å². The molecule has 2 nitrogen and oxygen atoms in total. The SMILES string of the molecule is CCCC(CN)NCCC1CCC1. The van der Waals surface area contributed by atoms with Crippen LogP contribution in [0.4, 0.5) is 0 Å². The van der Waals surface area contributed by atoms with Crippen LogP contribution in [0.25, 0.3) is 0 Å². The molecule has 1 atom stereocenters. The predicted molar refractivity (Wildman–Crippen MR) is 57.7 cm³/mol. The number of hydrogen-bond donors (Lipinski definition) is 2. The Morgan fingerprint density at radius 3 is 2.69 bits per heavy atom. The normalized spacial score (nSPS) is 19.8. The summed E-state index contributed by atoms with van der Waals surface area (Å²) in [6.45, 7) is 4.18. The monoisotopic (exact) mass is 184 g/mol. The molecule has 13 heavy (non-hydrogen) atoms. The van der Waals surface area contributed by atoms with Crippen molar-refractivity contribution in [1.82, 2.24) is 5.32 Å². The van der Waals surface area contributed by atoms with E-state index in [-0.39, 0.29) is 0 Å². The van der Waals surface area contributed by atoms with E-state index < -0.39 is 0 Å². The standard InChI is InChI=1S/C11H24N2/c1-2-4-11(9-12)13-8-7-10-5-3-6-10/h10-11,13H,2-9,12H2,1H3. The number of rotatable bonds is 7. The molecule has 0 radical (unpaired) electrons. The first kappa shape index (κ1) is 11.0. The van der Waals surface area contributed by atoms with Gasteiger partial charge in [0.25, 0.3) is 0 Å². The Balaban J connectivity index is 1.94. The van der Waals surface area contributed by atoms with Crippen LogP contribution in [0.3, 0.4) is 0 Å². The minimum atomic E-state index is 0.560. The van der Waals surface area contributed by atoms with Crippen LogP contribution in [0.15, 0.2) is 0 Å². The molecule has 0 aliphatic heterocycles. The second kappa shape index (κ2) is 6.39. The fraction of sp³-hybridized carbons (Fsp3) is 1.00. The zero-order valence-corrected chi connectivity index (χ0v) is 8.89. The molecule has 0 aromatic heterocycles. The average molecular weight is 184 g/mol. The van der Waals surface area contributed by atoms with Gasteiger partial charge >= 0.3 is 0 Å². The van der Waals surface area contributed by atoms with Crippen molar-refractivity contribution in [2.24, 2.45) is 11.7 Å². The summed E-state index contributed by atoms with van der Waals surface area (Å²) in [5, 5.41) is 3.54. The lowest BCUT2D eigenvalue weighted by Gasteiger charge is -2.26. The summed E-state index contributed by atoms with van der Waals surface area (Å²) in [6.07, 6.45) is 8.20. The maximum atomic E-state index is 5.66. The van der Waals surface area contributed by atoms with Crippen LogP contribution in [-0.4, -0.2) is 19.1 Å². The van der Waals surface area contributed by atoms with Crippen molar-refractivity contribution in [3.8, 4) is 0 Å². The van der Waals surface area contributed by atoms with Gasteiger partial charge in [0.15, 0.2) is 0 Å².